The van der Waals surface area contributed by atoms with E-state index in [9.17, 15) is 9.59 Å². The van der Waals surface area contributed by atoms with Crippen LogP contribution in [0.5, 0.6) is 0 Å². The van der Waals surface area contributed by atoms with E-state index in [4.69, 9.17) is 16.8 Å². The number of rotatable bonds is 3. The summed E-state index contributed by atoms with van der Waals surface area (Å²) in [5, 5.41) is 13.7. The van der Waals surface area contributed by atoms with E-state index in [-0.39, 0.29) is 5.91 Å². The molecule has 0 aliphatic heterocycles. The highest BCUT2D eigenvalue weighted by Crippen LogP contribution is 2.20. The van der Waals surface area contributed by atoms with Crippen molar-refractivity contribution in [2.75, 3.05) is 5.32 Å². The van der Waals surface area contributed by atoms with E-state index in [1.807, 2.05) is 0 Å². The summed E-state index contributed by atoms with van der Waals surface area (Å²) in [6, 6.07) is 17.0. The normalized spacial score (nSPS) is 10.4. The molecule has 2 amide bonds. The number of hydrogen-bond donors (Lipinski definition) is 3. The molecule has 0 aromatic heterocycles. The van der Waals surface area contributed by atoms with Crippen LogP contribution in [0, 0.1) is 0 Å². The molecule has 0 radical (unpaired) electrons. The van der Waals surface area contributed by atoms with Crippen LogP contribution < -0.4 is 10.8 Å². The van der Waals surface area contributed by atoms with Crippen LogP contribution in [0.15, 0.2) is 60.7 Å². The van der Waals surface area contributed by atoms with Crippen molar-refractivity contribution >= 4 is 39.9 Å². The van der Waals surface area contributed by atoms with Gasteiger partial charge < -0.3 is 5.32 Å². The zero-order valence-corrected chi connectivity index (χ0v) is 13.2. The Morgan fingerprint density at radius 2 is 1.38 bits per heavy atom. The van der Waals surface area contributed by atoms with Crippen LogP contribution in [0.4, 0.5) is 5.69 Å². The topological polar surface area (TPSA) is 78.4 Å². The summed E-state index contributed by atoms with van der Waals surface area (Å²) in [5.41, 5.74) is 2.99. The molecule has 3 aromatic rings. The molecule has 0 heterocycles. The van der Waals surface area contributed by atoms with Gasteiger partial charge in [-0.1, -0.05) is 23.7 Å². The largest absolute Gasteiger partial charge is 0.322 e. The molecule has 0 saturated carbocycles. The Bertz CT molecular complexity index is 923. The highest BCUT2D eigenvalue weighted by atomic mass is 35.5. The predicted molar refractivity (Wildman–Crippen MR) is 92.6 cm³/mol. The minimum Gasteiger partial charge on any atom is -0.322 e. The number of amides is 2. The summed E-state index contributed by atoms with van der Waals surface area (Å²) >= 11 is 5.82. The summed E-state index contributed by atoms with van der Waals surface area (Å²) < 4.78 is 0. The Balaban J connectivity index is 1.89. The van der Waals surface area contributed by atoms with Crippen molar-refractivity contribution in [2.45, 2.75) is 0 Å². The van der Waals surface area contributed by atoms with E-state index >= 15 is 0 Å². The highest BCUT2D eigenvalue weighted by Gasteiger charge is 2.09. The van der Waals surface area contributed by atoms with Crippen molar-refractivity contribution in [3.63, 3.8) is 0 Å². The Labute approximate surface area is 142 Å². The number of anilines is 1. The van der Waals surface area contributed by atoms with Crippen molar-refractivity contribution in [1.82, 2.24) is 5.48 Å². The molecule has 0 spiro atoms. The van der Waals surface area contributed by atoms with Crippen molar-refractivity contribution in [3.05, 3.63) is 76.8 Å². The third-order valence-corrected chi connectivity index (χ3v) is 3.82. The number of hydrogen-bond acceptors (Lipinski definition) is 3. The average molecular weight is 341 g/mol. The Kier molecular flexibility index (Phi) is 4.46. The van der Waals surface area contributed by atoms with Gasteiger partial charge in [0.05, 0.1) is 0 Å². The van der Waals surface area contributed by atoms with Gasteiger partial charge >= 0.3 is 0 Å². The zero-order chi connectivity index (χ0) is 17.1. The minimum atomic E-state index is -0.604. The van der Waals surface area contributed by atoms with Gasteiger partial charge in [0.2, 0.25) is 0 Å². The fourth-order valence-electron chi connectivity index (χ4n) is 2.33. The number of carbonyl (C=O) groups is 2. The van der Waals surface area contributed by atoms with Gasteiger partial charge in [-0.15, -0.1) is 0 Å². The lowest BCUT2D eigenvalue weighted by atomic mass is 10.0. The molecule has 6 heteroatoms. The highest BCUT2D eigenvalue weighted by molar-refractivity contribution is 6.30. The van der Waals surface area contributed by atoms with E-state index in [1.165, 1.54) is 0 Å². The molecule has 0 fully saturated rings. The molecule has 0 aliphatic rings. The molecule has 0 atom stereocenters. The first-order valence-corrected chi connectivity index (χ1v) is 7.50. The van der Waals surface area contributed by atoms with Crippen LogP contribution in [-0.4, -0.2) is 17.0 Å². The Morgan fingerprint density at radius 1 is 0.792 bits per heavy atom. The van der Waals surface area contributed by atoms with E-state index in [0.717, 1.165) is 10.8 Å². The molecular formula is C18H13ClN2O3. The Morgan fingerprint density at radius 3 is 1.96 bits per heavy atom. The number of benzene rings is 3. The van der Waals surface area contributed by atoms with Gasteiger partial charge in [-0.25, -0.2) is 5.48 Å². The van der Waals surface area contributed by atoms with Crippen LogP contribution in [0.1, 0.15) is 20.7 Å². The van der Waals surface area contributed by atoms with E-state index in [0.29, 0.717) is 21.8 Å². The fraction of sp³-hybridized carbons (Fsp3) is 0. The molecule has 3 aromatic carbocycles. The number of carbonyl (C=O) groups excluding carboxylic acids is 2. The molecule has 0 saturated heterocycles. The standard InChI is InChI=1S/C18H13ClN2O3/c19-15-5-7-16(8-6-15)20-17(22)12-3-1-11-2-4-13(18(23)21-24)10-14(11)9-12/h1-10,24H,(H,20,22)(H,21,23). The second kappa shape index (κ2) is 6.70. The van der Waals surface area contributed by atoms with E-state index < -0.39 is 5.91 Å². The maximum absolute atomic E-state index is 12.4. The second-order valence-electron chi connectivity index (χ2n) is 5.18. The SMILES string of the molecule is O=C(NO)c1ccc2ccc(C(=O)Nc3ccc(Cl)cc3)cc2c1. The minimum absolute atomic E-state index is 0.267. The molecule has 3 N–H and O–H groups in total. The first kappa shape index (κ1) is 16.0. The average Bonchev–Trinajstić information content (AvgIpc) is 2.62. The molecule has 0 aliphatic carbocycles. The molecule has 3 rings (SSSR count). The number of fused-ring (bicyclic) bond motifs is 1. The quantitative estimate of drug-likeness (QED) is 0.500. The first-order valence-electron chi connectivity index (χ1n) is 7.12. The fourth-order valence-corrected chi connectivity index (χ4v) is 2.46. The van der Waals surface area contributed by atoms with Crippen molar-refractivity contribution in [1.29, 1.82) is 0 Å². The smallest absolute Gasteiger partial charge is 0.274 e. The summed E-state index contributed by atoms with van der Waals surface area (Å²) in [6.07, 6.45) is 0. The monoisotopic (exact) mass is 340 g/mol. The van der Waals surface area contributed by atoms with Crippen LogP contribution in [0.25, 0.3) is 10.8 Å². The maximum atomic E-state index is 12.4. The number of hydroxylamine groups is 1. The first-order chi connectivity index (χ1) is 11.6. The van der Waals surface area contributed by atoms with Gasteiger partial charge in [0.25, 0.3) is 11.8 Å². The lowest BCUT2D eigenvalue weighted by Crippen LogP contribution is -2.18. The third-order valence-electron chi connectivity index (χ3n) is 3.57. The molecule has 120 valence electrons. The summed E-state index contributed by atoms with van der Waals surface area (Å²) in [5.74, 6) is -0.871. The summed E-state index contributed by atoms with van der Waals surface area (Å²) in [4.78, 5) is 23.8. The zero-order valence-electron chi connectivity index (χ0n) is 12.4. The van der Waals surface area contributed by atoms with Gasteiger partial charge in [-0.05, 0) is 59.3 Å². The molecule has 5 nitrogen and oxygen atoms in total. The molecule has 0 bridgehead atoms. The van der Waals surface area contributed by atoms with Crippen LogP contribution in [0.3, 0.4) is 0 Å². The second-order valence-corrected chi connectivity index (χ2v) is 5.62. The van der Waals surface area contributed by atoms with Crippen LogP contribution in [0.2, 0.25) is 5.02 Å². The molecule has 0 unspecified atom stereocenters. The van der Waals surface area contributed by atoms with Crippen molar-refractivity contribution in [2.24, 2.45) is 0 Å². The summed E-state index contributed by atoms with van der Waals surface area (Å²) in [6.45, 7) is 0. The van der Waals surface area contributed by atoms with Gasteiger partial charge in [0.15, 0.2) is 0 Å². The molecular weight excluding hydrogens is 328 g/mol. The lowest BCUT2D eigenvalue weighted by molar-refractivity contribution is 0.0706. The Hall–Kier alpha value is -2.89. The van der Waals surface area contributed by atoms with Crippen LogP contribution in [-0.2, 0) is 0 Å². The van der Waals surface area contributed by atoms with E-state index in [2.05, 4.69) is 5.32 Å². The van der Waals surface area contributed by atoms with Gasteiger partial charge in [0, 0.05) is 21.8 Å². The van der Waals surface area contributed by atoms with Crippen molar-refractivity contribution < 1.29 is 14.8 Å². The lowest BCUT2D eigenvalue weighted by Gasteiger charge is -2.07. The maximum Gasteiger partial charge on any atom is 0.274 e. The van der Waals surface area contributed by atoms with Gasteiger partial charge in [0.1, 0.15) is 0 Å². The number of halogens is 1. The van der Waals surface area contributed by atoms with Crippen molar-refractivity contribution in [3.8, 4) is 0 Å². The van der Waals surface area contributed by atoms with E-state index in [1.54, 1.807) is 66.1 Å². The predicted octanol–water partition coefficient (Wildman–Crippen LogP) is 3.86. The van der Waals surface area contributed by atoms with Gasteiger partial charge in [-0.2, -0.15) is 0 Å². The molecule has 24 heavy (non-hydrogen) atoms. The third kappa shape index (κ3) is 3.37. The summed E-state index contributed by atoms with van der Waals surface area (Å²) in [7, 11) is 0. The van der Waals surface area contributed by atoms with Crippen LogP contribution >= 0.6 is 11.6 Å². The number of nitrogens with one attached hydrogen (secondary N) is 2. The van der Waals surface area contributed by atoms with Gasteiger partial charge in [-0.3, -0.25) is 14.8 Å².